The zero-order chi connectivity index (χ0) is 14.0. The van der Waals surface area contributed by atoms with E-state index in [1.807, 2.05) is 13.8 Å². The third kappa shape index (κ3) is 2.99. The van der Waals surface area contributed by atoms with Gasteiger partial charge in [0.2, 0.25) is 0 Å². The van der Waals surface area contributed by atoms with E-state index in [9.17, 15) is 13.5 Å². The first-order valence-electron chi connectivity index (χ1n) is 5.80. The number of aliphatic hydroxyl groups excluding tert-OH is 1. The van der Waals surface area contributed by atoms with Crippen LogP contribution in [0.3, 0.4) is 0 Å². The molecule has 2 aromatic rings. The third-order valence-corrected chi connectivity index (χ3v) is 4.74. The summed E-state index contributed by atoms with van der Waals surface area (Å²) >= 11 is 1.42. The number of hydrogen-bond acceptors (Lipinski definition) is 4. The molecule has 0 atom stereocenters. The number of rotatable bonds is 5. The van der Waals surface area contributed by atoms with Gasteiger partial charge in [0.1, 0.15) is 4.90 Å². The second-order valence-electron chi connectivity index (χ2n) is 4.44. The van der Waals surface area contributed by atoms with Gasteiger partial charge >= 0.3 is 0 Å². The monoisotopic (exact) mass is 300 g/mol. The summed E-state index contributed by atoms with van der Waals surface area (Å²) in [5, 5.41) is 12.8. The maximum Gasteiger partial charge on any atom is 0.263 e. The number of thiophene rings is 1. The molecular formula is C12H16N2O3S2. The number of hydrogen-bond donors (Lipinski definition) is 2. The Balaban J connectivity index is 2.35. The fraction of sp³-hybridized carbons (Fsp3) is 0.333. The van der Waals surface area contributed by atoms with Crippen LogP contribution in [0, 0.1) is 0 Å². The predicted octanol–water partition coefficient (Wildman–Crippen LogP) is 2.42. The standard InChI is InChI=1S/C12H16N2O3S2/c1-9(2)14-6-12(5-11(14)7-15)19(16,17)13-10-3-4-18-8-10/h3-6,8-9,13,15H,7H2,1-2H3. The normalized spacial score (nSPS) is 12.0. The highest BCUT2D eigenvalue weighted by atomic mass is 32.2. The zero-order valence-electron chi connectivity index (χ0n) is 10.7. The van der Waals surface area contributed by atoms with Gasteiger partial charge in [-0.3, -0.25) is 4.72 Å². The van der Waals surface area contributed by atoms with E-state index < -0.39 is 10.0 Å². The fourth-order valence-corrected chi connectivity index (χ4v) is 3.55. The van der Waals surface area contributed by atoms with Crippen molar-refractivity contribution in [1.29, 1.82) is 0 Å². The molecule has 0 saturated carbocycles. The molecule has 2 N–H and O–H groups in total. The highest BCUT2D eigenvalue weighted by Gasteiger charge is 2.19. The molecule has 0 aromatic carbocycles. The first kappa shape index (κ1) is 14.1. The fourth-order valence-electron chi connectivity index (χ4n) is 1.79. The van der Waals surface area contributed by atoms with E-state index in [0.717, 1.165) is 0 Å². The molecule has 104 valence electrons. The molecule has 0 aliphatic heterocycles. The molecule has 0 aliphatic rings. The van der Waals surface area contributed by atoms with Crippen molar-refractivity contribution in [2.45, 2.75) is 31.4 Å². The molecule has 2 aromatic heterocycles. The highest BCUT2D eigenvalue weighted by molar-refractivity contribution is 7.92. The van der Waals surface area contributed by atoms with Crippen LogP contribution in [0.25, 0.3) is 0 Å². The van der Waals surface area contributed by atoms with E-state index in [-0.39, 0.29) is 17.5 Å². The molecule has 19 heavy (non-hydrogen) atoms. The lowest BCUT2D eigenvalue weighted by molar-refractivity contribution is 0.268. The minimum absolute atomic E-state index is 0.0900. The highest BCUT2D eigenvalue weighted by Crippen LogP contribution is 2.22. The quantitative estimate of drug-likeness (QED) is 0.891. The molecule has 0 spiro atoms. The van der Waals surface area contributed by atoms with Crippen molar-refractivity contribution in [1.82, 2.24) is 4.57 Å². The van der Waals surface area contributed by atoms with Crippen molar-refractivity contribution in [2.24, 2.45) is 0 Å². The van der Waals surface area contributed by atoms with Gasteiger partial charge in [0.25, 0.3) is 10.0 Å². The number of nitrogens with one attached hydrogen (secondary N) is 1. The van der Waals surface area contributed by atoms with Crippen LogP contribution in [0.2, 0.25) is 0 Å². The molecule has 5 nitrogen and oxygen atoms in total. The molecule has 2 rings (SSSR count). The summed E-state index contributed by atoms with van der Waals surface area (Å²) in [6, 6.07) is 3.29. The van der Waals surface area contributed by atoms with Crippen molar-refractivity contribution in [3.05, 3.63) is 34.8 Å². The number of nitrogens with zero attached hydrogens (tertiary/aromatic N) is 1. The summed E-state index contributed by atoms with van der Waals surface area (Å²) in [5.74, 6) is 0. The maximum absolute atomic E-state index is 12.2. The van der Waals surface area contributed by atoms with Crippen LogP contribution in [0.1, 0.15) is 25.6 Å². The molecule has 7 heteroatoms. The van der Waals surface area contributed by atoms with E-state index in [1.165, 1.54) is 17.4 Å². The molecule has 0 radical (unpaired) electrons. The smallest absolute Gasteiger partial charge is 0.263 e. The first-order chi connectivity index (χ1) is 8.94. The van der Waals surface area contributed by atoms with Crippen LogP contribution in [0.15, 0.2) is 34.0 Å². The molecule has 0 fully saturated rings. The van der Waals surface area contributed by atoms with E-state index in [4.69, 9.17) is 0 Å². The maximum atomic E-state index is 12.2. The zero-order valence-corrected chi connectivity index (χ0v) is 12.3. The lowest BCUT2D eigenvalue weighted by Crippen LogP contribution is -2.11. The van der Waals surface area contributed by atoms with Crippen molar-refractivity contribution >= 4 is 27.0 Å². The summed E-state index contributed by atoms with van der Waals surface area (Å²) in [4.78, 5) is 0.163. The molecule has 0 bridgehead atoms. The minimum atomic E-state index is -3.60. The molecular weight excluding hydrogens is 284 g/mol. The largest absolute Gasteiger partial charge is 0.390 e. The van der Waals surface area contributed by atoms with Gasteiger partial charge in [-0.15, -0.1) is 0 Å². The Bertz CT molecular complexity index is 643. The van der Waals surface area contributed by atoms with E-state index in [0.29, 0.717) is 11.4 Å². The summed E-state index contributed by atoms with van der Waals surface area (Å²) < 4.78 is 28.7. The van der Waals surface area contributed by atoms with E-state index >= 15 is 0 Å². The van der Waals surface area contributed by atoms with Crippen molar-refractivity contribution in [3.63, 3.8) is 0 Å². The molecule has 2 heterocycles. The van der Waals surface area contributed by atoms with Gasteiger partial charge in [-0.2, -0.15) is 11.3 Å². The topological polar surface area (TPSA) is 71.3 Å². The Morgan fingerprint density at radius 3 is 2.68 bits per heavy atom. The van der Waals surface area contributed by atoms with Gasteiger partial charge in [-0.05, 0) is 31.4 Å². The number of sulfonamides is 1. The van der Waals surface area contributed by atoms with Gasteiger partial charge in [-0.1, -0.05) is 0 Å². The van der Waals surface area contributed by atoms with E-state index in [2.05, 4.69) is 4.72 Å². The van der Waals surface area contributed by atoms with Crippen LogP contribution >= 0.6 is 11.3 Å². The van der Waals surface area contributed by atoms with Crippen molar-refractivity contribution < 1.29 is 13.5 Å². The Morgan fingerprint density at radius 1 is 1.47 bits per heavy atom. The van der Waals surface area contributed by atoms with E-state index in [1.54, 1.807) is 27.6 Å². The molecule has 0 aliphatic carbocycles. The third-order valence-electron chi connectivity index (χ3n) is 2.71. The van der Waals surface area contributed by atoms with Gasteiger partial charge < -0.3 is 9.67 Å². The number of anilines is 1. The lowest BCUT2D eigenvalue weighted by atomic mass is 10.3. The first-order valence-corrected chi connectivity index (χ1v) is 8.23. The average molecular weight is 300 g/mol. The molecule has 0 saturated heterocycles. The van der Waals surface area contributed by atoms with Gasteiger partial charge in [0.15, 0.2) is 0 Å². The SMILES string of the molecule is CC(C)n1cc(S(=O)(=O)Nc2ccsc2)cc1CO. The number of aromatic nitrogens is 1. The Kier molecular flexibility index (Phi) is 3.98. The van der Waals surface area contributed by atoms with Crippen LogP contribution in [-0.2, 0) is 16.6 Å². The second kappa shape index (κ2) is 5.36. The lowest BCUT2D eigenvalue weighted by Gasteiger charge is -2.10. The Hall–Kier alpha value is -1.31. The van der Waals surface area contributed by atoms with Crippen LogP contribution in [-0.4, -0.2) is 18.1 Å². The summed E-state index contributed by atoms with van der Waals surface area (Å²) in [6.07, 6.45) is 1.55. The predicted molar refractivity (Wildman–Crippen MR) is 75.9 cm³/mol. The second-order valence-corrected chi connectivity index (χ2v) is 6.91. The summed E-state index contributed by atoms with van der Waals surface area (Å²) in [5.41, 5.74) is 1.13. The van der Waals surface area contributed by atoms with Crippen molar-refractivity contribution in [2.75, 3.05) is 4.72 Å². The van der Waals surface area contributed by atoms with Crippen LogP contribution in [0.5, 0.6) is 0 Å². The van der Waals surface area contributed by atoms with Gasteiger partial charge in [0.05, 0.1) is 12.3 Å². The van der Waals surface area contributed by atoms with Crippen LogP contribution in [0.4, 0.5) is 5.69 Å². The summed E-state index contributed by atoms with van der Waals surface area (Å²) in [6.45, 7) is 3.68. The van der Waals surface area contributed by atoms with Crippen LogP contribution < -0.4 is 4.72 Å². The van der Waals surface area contributed by atoms with Gasteiger partial charge in [-0.25, -0.2) is 8.42 Å². The van der Waals surface area contributed by atoms with Crippen molar-refractivity contribution in [3.8, 4) is 0 Å². The minimum Gasteiger partial charge on any atom is -0.390 e. The summed E-state index contributed by atoms with van der Waals surface area (Å²) in [7, 11) is -3.60. The molecule has 0 unspecified atom stereocenters. The Labute approximate surface area is 116 Å². The average Bonchev–Trinajstić information content (AvgIpc) is 2.95. The Morgan fingerprint density at radius 2 is 2.21 bits per heavy atom. The number of aliphatic hydroxyl groups is 1. The molecule has 0 amide bonds. The van der Waals surface area contributed by atoms with Gasteiger partial charge in [0, 0.05) is 23.3 Å².